The fourth-order valence-corrected chi connectivity index (χ4v) is 1.23. The van der Waals surface area contributed by atoms with Gasteiger partial charge in [-0.15, -0.1) is 12.4 Å². The quantitative estimate of drug-likeness (QED) is 0.877. The van der Waals surface area contributed by atoms with Gasteiger partial charge in [-0.2, -0.15) is 0 Å². The van der Waals surface area contributed by atoms with Crippen LogP contribution in [-0.2, 0) is 11.2 Å². The van der Waals surface area contributed by atoms with Gasteiger partial charge in [-0.05, 0) is 11.6 Å². The van der Waals surface area contributed by atoms with E-state index >= 15 is 0 Å². The van der Waals surface area contributed by atoms with E-state index in [2.05, 4.69) is 15.9 Å². The molecule has 1 rings (SSSR count). The summed E-state index contributed by atoms with van der Waals surface area (Å²) in [6.45, 7) is 0. The molecule has 0 aliphatic heterocycles. The van der Waals surface area contributed by atoms with Gasteiger partial charge in [0.05, 0.1) is 6.42 Å². The summed E-state index contributed by atoms with van der Waals surface area (Å²) in [5.41, 5.74) is 0.806. The maximum absolute atomic E-state index is 10.3. The first-order valence-electron chi connectivity index (χ1n) is 3.15. The molecule has 0 heterocycles. The van der Waals surface area contributed by atoms with Crippen molar-refractivity contribution in [3.63, 3.8) is 0 Å². The van der Waals surface area contributed by atoms with Crippen LogP contribution in [0.25, 0.3) is 0 Å². The lowest BCUT2D eigenvalue weighted by atomic mass is 10.2. The Bertz CT molecular complexity index is 276. The van der Waals surface area contributed by atoms with Crippen LogP contribution in [0.5, 0.6) is 0 Å². The Morgan fingerprint density at radius 1 is 1.42 bits per heavy atom. The zero-order chi connectivity index (χ0) is 8.27. The molecule has 0 atom stereocenters. The number of hydrogen-bond acceptors (Lipinski definition) is 1. The van der Waals surface area contributed by atoms with Gasteiger partial charge in [-0.3, -0.25) is 4.79 Å². The van der Waals surface area contributed by atoms with Crippen molar-refractivity contribution in [2.45, 2.75) is 6.42 Å². The summed E-state index contributed by atoms with van der Waals surface area (Å²) in [5, 5.41) is 8.47. The molecule has 0 unspecified atom stereocenters. The van der Waals surface area contributed by atoms with E-state index in [4.69, 9.17) is 5.11 Å². The monoisotopic (exact) mass is 250 g/mol. The van der Waals surface area contributed by atoms with E-state index in [1.807, 2.05) is 18.2 Å². The largest absolute Gasteiger partial charge is 0.481 e. The molecule has 0 bridgehead atoms. The van der Waals surface area contributed by atoms with Crippen LogP contribution in [0.3, 0.4) is 0 Å². The lowest BCUT2D eigenvalue weighted by molar-refractivity contribution is -0.136. The Hall–Kier alpha value is -0.540. The third-order valence-corrected chi connectivity index (χ3v) is 2.07. The van der Waals surface area contributed by atoms with Crippen molar-refractivity contribution >= 4 is 34.3 Å². The van der Waals surface area contributed by atoms with Crippen LogP contribution in [0.15, 0.2) is 28.7 Å². The van der Waals surface area contributed by atoms with E-state index in [0.29, 0.717) is 0 Å². The van der Waals surface area contributed by atoms with Crippen LogP contribution in [0.4, 0.5) is 0 Å². The van der Waals surface area contributed by atoms with E-state index in [1.54, 1.807) is 6.07 Å². The molecule has 1 aromatic carbocycles. The molecule has 4 heteroatoms. The fourth-order valence-electron chi connectivity index (χ4n) is 0.805. The van der Waals surface area contributed by atoms with Gasteiger partial charge in [0.2, 0.25) is 0 Å². The van der Waals surface area contributed by atoms with Crippen molar-refractivity contribution < 1.29 is 9.90 Å². The maximum atomic E-state index is 10.3. The zero-order valence-corrected chi connectivity index (χ0v) is 8.56. The first kappa shape index (κ1) is 11.5. The van der Waals surface area contributed by atoms with Crippen LogP contribution in [0.1, 0.15) is 5.56 Å². The standard InChI is InChI=1S/C8H7BrO2.ClH/c9-7-4-2-1-3-6(7)5-8(10)11;/h1-4H,5H2,(H,10,11);1H. The van der Waals surface area contributed by atoms with Crippen molar-refractivity contribution in [3.8, 4) is 0 Å². The predicted octanol–water partition coefficient (Wildman–Crippen LogP) is 2.50. The average molecular weight is 252 g/mol. The third kappa shape index (κ3) is 3.24. The Balaban J connectivity index is 0.00000121. The summed E-state index contributed by atoms with van der Waals surface area (Å²) in [4.78, 5) is 10.3. The number of hydrogen-bond donors (Lipinski definition) is 1. The molecule has 66 valence electrons. The summed E-state index contributed by atoms with van der Waals surface area (Å²) < 4.78 is 0.849. The summed E-state index contributed by atoms with van der Waals surface area (Å²) in [6, 6.07) is 7.30. The van der Waals surface area contributed by atoms with Gasteiger partial charge in [-0.25, -0.2) is 0 Å². The Kier molecular flexibility index (Phi) is 4.93. The predicted molar refractivity (Wildman–Crippen MR) is 52.7 cm³/mol. The van der Waals surface area contributed by atoms with E-state index < -0.39 is 5.97 Å². The van der Waals surface area contributed by atoms with Crippen LogP contribution in [0, 0.1) is 0 Å². The normalized spacial score (nSPS) is 8.75. The van der Waals surface area contributed by atoms with Crippen LogP contribution in [0.2, 0.25) is 0 Å². The van der Waals surface area contributed by atoms with Crippen LogP contribution in [-0.4, -0.2) is 11.1 Å². The zero-order valence-electron chi connectivity index (χ0n) is 6.16. The fraction of sp³-hybridized carbons (Fsp3) is 0.125. The maximum Gasteiger partial charge on any atom is 0.307 e. The van der Waals surface area contributed by atoms with E-state index in [-0.39, 0.29) is 18.8 Å². The second-order valence-electron chi connectivity index (χ2n) is 2.16. The molecule has 0 radical (unpaired) electrons. The minimum Gasteiger partial charge on any atom is -0.481 e. The second-order valence-corrected chi connectivity index (χ2v) is 3.02. The summed E-state index contributed by atoms with van der Waals surface area (Å²) in [5.74, 6) is -0.808. The Morgan fingerprint density at radius 2 is 2.00 bits per heavy atom. The number of carboxylic acid groups (broad SMARTS) is 1. The molecular weight excluding hydrogens is 243 g/mol. The molecule has 0 amide bonds. The van der Waals surface area contributed by atoms with Gasteiger partial charge in [0.15, 0.2) is 0 Å². The summed E-state index contributed by atoms with van der Waals surface area (Å²) >= 11 is 3.26. The molecule has 0 saturated carbocycles. The molecule has 12 heavy (non-hydrogen) atoms. The first-order chi connectivity index (χ1) is 5.20. The molecule has 0 aromatic heterocycles. The number of carbonyl (C=O) groups is 1. The SMILES string of the molecule is Cl.O=C(O)Cc1ccccc1Br. The van der Waals surface area contributed by atoms with E-state index in [0.717, 1.165) is 10.0 Å². The number of benzene rings is 1. The van der Waals surface area contributed by atoms with Gasteiger partial charge >= 0.3 is 5.97 Å². The lowest BCUT2D eigenvalue weighted by Crippen LogP contribution is -2.00. The molecule has 2 nitrogen and oxygen atoms in total. The molecule has 0 fully saturated rings. The molecule has 0 spiro atoms. The highest BCUT2D eigenvalue weighted by molar-refractivity contribution is 9.10. The van der Waals surface area contributed by atoms with Crippen molar-refractivity contribution in [2.24, 2.45) is 0 Å². The van der Waals surface area contributed by atoms with Gasteiger partial charge < -0.3 is 5.11 Å². The van der Waals surface area contributed by atoms with E-state index in [9.17, 15) is 4.79 Å². The topological polar surface area (TPSA) is 37.3 Å². The lowest BCUT2D eigenvalue weighted by Gasteiger charge is -1.98. The molecule has 1 N–H and O–H groups in total. The van der Waals surface area contributed by atoms with Crippen LogP contribution >= 0.6 is 28.3 Å². The second kappa shape index (κ2) is 5.17. The minimum absolute atomic E-state index is 0. The summed E-state index contributed by atoms with van der Waals surface area (Å²) in [6.07, 6.45) is 0.0709. The van der Waals surface area contributed by atoms with Crippen LogP contribution < -0.4 is 0 Å². The van der Waals surface area contributed by atoms with Crippen molar-refractivity contribution in [3.05, 3.63) is 34.3 Å². The highest BCUT2D eigenvalue weighted by Crippen LogP contribution is 2.15. The molecule has 0 aliphatic rings. The average Bonchev–Trinajstić information content (AvgIpc) is 1.93. The first-order valence-corrected chi connectivity index (χ1v) is 3.94. The Morgan fingerprint density at radius 3 is 2.50 bits per heavy atom. The highest BCUT2D eigenvalue weighted by atomic mass is 79.9. The highest BCUT2D eigenvalue weighted by Gasteiger charge is 2.02. The van der Waals surface area contributed by atoms with Gasteiger partial charge in [0.25, 0.3) is 0 Å². The van der Waals surface area contributed by atoms with Gasteiger partial charge in [0.1, 0.15) is 0 Å². The number of carboxylic acids is 1. The number of rotatable bonds is 2. The van der Waals surface area contributed by atoms with Gasteiger partial charge in [0, 0.05) is 4.47 Å². The molecule has 0 aliphatic carbocycles. The molecule has 0 saturated heterocycles. The third-order valence-electron chi connectivity index (χ3n) is 1.30. The number of halogens is 2. The molecular formula is C8H8BrClO2. The van der Waals surface area contributed by atoms with Crippen molar-refractivity contribution in [1.82, 2.24) is 0 Å². The minimum atomic E-state index is -0.808. The molecule has 1 aromatic rings. The van der Waals surface area contributed by atoms with Crippen molar-refractivity contribution in [1.29, 1.82) is 0 Å². The van der Waals surface area contributed by atoms with Gasteiger partial charge in [-0.1, -0.05) is 34.1 Å². The van der Waals surface area contributed by atoms with Crippen molar-refractivity contribution in [2.75, 3.05) is 0 Å². The smallest absolute Gasteiger partial charge is 0.307 e. The van der Waals surface area contributed by atoms with E-state index in [1.165, 1.54) is 0 Å². The summed E-state index contributed by atoms with van der Waals surface area (Å²) in [7, 11) is 0. The number of aliphatic carboxylic acids is 1. The Labute approximate surface area is 85.1 Å².